The molecule has 30 heavy (non-hydrogen) atoms. The van der Waals surface area contributed by atoms with Crippen molar-refractivity contribution in [2.24, 2.45) is 5.10 Å². The highest BCUT2D eigenvalue weighted by molar-refractivity contribution is 5.89. The van der Waals surface area contributed by atoms with Gasteiger partial charge in [-0.05, 0) is 30.7 Å². The molecular weight excluding hydrogens is 384 g/mol. The van der Waals surface area contributed by atoms with E-state index in [0.29, 0.717) is 23.7 Å². The Hall–Kier alpha value is -3.81. The van der Waals surface area contributed by atoms with Crippen LogP contribution in [0.15, 0.2) is 59.8 Å². The summed E-state index contributed by atoms with van der Waals surface area (Å²) >= 11 is 0. The standard InChI is InChI=1S/C22H24N4O4/c1-4-30-22(27)24-23-13-18-15-26(14-16-8-6-5-7-9-16)25-21(18)17-10-11-19(28-2)20(12-17)29-3/h5-13,15H,4,14H2,1-3H3,(H,24,27)/b23-13-. The minimum absolute atomic E-state index is 0.271. The van der Waals surface area contributed by atoms with Crippen molar-refractivity contribution in [1.82, 2.24) is 15.2 Å². The Morgan fingerprint density at radius 2 is 1.90 bits per heavy atom. The van der Waals surface area contributed by atoms with E-state index in [4.69, 9.17) is 19.3 Å². The molecule has 1 heterocycles. The molecule has 0 saturated heterocycles. The molecule has 3 aromatic rings. The highest BCUT2D eigenvalue weighted by Crippen LogP contribution is 2.32. The number of methoxy groups -OCH3 is 2. The minimum atomic E-state index is -0.613. The van der Waals surface area contributed by atoms with E-state index in [0.717, 1.165) is 16.7 Å². The topological polar surface area (TPSA) is 87.0 Å². The number of ether oxygens (including phenoxy) is 3. The number of hydrogen-bond donors (Lipinski definition) is 1. The maximum atomic E-state index is 11.5. The maximum Gasteiger partial charge on any atom is 0.427 e. The van der Waals surface area contributed by atoms with E-state index in [9.17, 15) is 4.79 Å². The van der Waals surface area contributed by atoms with E-state index >= 15 is 0 Å². The van der Waals surface area contributed by atoms with Gasteiger partial charge in [-0.3, -0.25) is 4.68 Å². The van der Waals surface area contributed by atoms with Gasteiger partial charge >= 0.3 is 6.09 Å². The first-order valence-corrected chi connectivity index (χ1v) is 9.44. The summed E-state index contributed by atoms with van der Waals surface area (Å²) in [7, 11) is 3.17. The molecule has 0 fully saturated rings. The molecule has 1 amide bonds. The van der Waals surface area contributed by atoms with Crippen molar-refractivity contribution in [1.29, 1.82) is 0 Å². The van der Waals surface area contributed by atoms with Gasteiger partial charge in [-0.15, -0.1) is 0 Å². The first kappa shape index (κ1) is 20.9. The van der Waals surface area contributed by atoms with Crippen LogP contribution in [0.4, 0.5) is 4.79 Å². The lowest BCUT2D eigenvalue weighted by atomic mass is 10.1. The Balaban J connectivity index is 1.94. The monoisotopic (exact) mass is 408 g/mol. The number of benzene rings is 2. The van der Waals surface area contributed by atoms with E-state index < -0.39 is 6.09 Å². The van der Waals surface area contributed by atoms with Gasteiger partial charge in [0.2, 0.25) is 0 Å². The van der Waals surface area contributed by atoms with Gasteiger partial charge in [-0.25, -0.2) is 10.2 Å². The fourth-order valence-electron chi connectivity index (χ4n) is 2.91. The van der Waals surface area contributed by atoms with Crippen LogP contribution in [0.25, 0.3) is 11.3 Å². The van der Waals surface area contributed by atoms with Crippen molar-refractivity contribution in [2.75, 3.05) is 20.8 Å². The second kappa shape index (κ2) is 10.1. The van der Waals surface area contributed by atoms with Crippen molar-refractivity contribution in [3.63, 3.8) is 0 Å². The number of nitrogens with one attached hydrogen (secondary N) is 1. The van der Waals surface area contributed by atoms with E-state index in [1.54, 1.807) is 21.1 Å². The molecule has 8 nitrogen and oxygen atoms in total. The van der Waals surface area contributed by atoms with Crippen molar-refractivity contribution in [3.8, 4) is 22.8 Å². The van der Waals surface area contributed by atoms with E-state index in [2.05, 4.69) is 10.5 Å². The van der Waals surface area contributed by atoms with Crippen LogP contribution in [-0.4, -0.2) is 42.9 Å². The minimum Gasteiger partial charge on any atom is -0.493 e. The summed E-state index contributed by atoms with van der Waals surface area (Å²) in [5.41, 5.74) is 5.71. The molecular formula is C22H24N4O4. The molecule has 0 saturated carbocycles. The fraction of sp³-hybridized carbons (Fsp3) is 0.227. The predicted octanol–water partition coefficient (Wildman–Crippen LogP) is 3.70. The van der Waals surface area contributed by atoms with Gasteiger partial charge in [0.1, 0.15) is 5.69 Å². The molecule has 0 bridgehead atoms. The lowest BCUT2D eigenvalue weighted by Crippen LogP contribution is -2.18. The Morgan fingerprint density at radius 1 is 1.13 bits per heavy atom. The summed E-state index contributed by atoms with van der Waals surface area (Å²) in [5.74, 6) is 1.23. The van der Waals surface area contributed by atoms with Crippen LogP contribution in [0.5, 0.6) is 11.5 Å². The summed E-state index contributed by atoms with van der Waals surface area (Å²) in [6.07, 6.45) is 2.80. The first-order chi connectivity index (χ1) is 14.6. The van der Waals surface area contributed by atoms with Crippen molar-refractivity contribution in [3.05, 3.63) is 65.9 Å². The molecule has 156 valence electrons. The van der Waals surface area contributed by atoms with E-state index in [1.165, 1.54) is 6.21 Å². The molecule has 0 atom stereocenters. The molecule has 1 aromatic heterocycles. The highest BCUT2D eigenvalue weighted by atomic mass is 16.5. The van der Waals surface area contributed by atoms with Crippen LogP contribution in [0, 0.1) is 0 Å². The quantitative estimate of drug-likeness (QED) is 0.454. The number of rotatable bonds is 8. The molecule has 1 N–H and O–H groups in total. The van der Waals surface area contributed by atoms with Crippen LogP contribution >= 0.6 is 0 Å². The predicted molar refractivity (Wildman–Crippen MR) is 114 cm³/mol. The number of amides is 1. The van der Waals surface area contributed by atoms with Crippen LogP contribution in [-0.2, 0) is 11.3 Å². The summed E-state index contributed by atoms with van der Waals surface area (Å²) in [4.78, 5) is 11.5. The molecule has 0 aliphatic heterocycles. The van der Waals surface area contributed by atoms with E-state index in [-0.39, 0.29) is 6.61 Å². The Kier molecular flexibility index (Phi) is 7.05. The molecule has 3 rings (SSSR count). The van der Waals surface area contributed by atoms with Crippen molar-refractivity contribution in [2.45, 2.75) is 13.5 Å². The van der Waals surface area contributed by atoms with Crippen LogP contribution < -0.4 is 14.9 Å². The zero-order valence-corrected chi connectivity index (χ0v) is 17.2. The number of carbonyl (C=O) groups is 1. The van der Waals surface area contributed by atoms with Crippen molar-refractivity contribution >= 4 is 12.3 Å². The zero-order chi connectivity index (χ0) is 21.3. The lowest BCUT2D eigenvalue weighted by Gasteiger charge is -2.09. The first-order valence-electron chi connectivity index (χ1n) is 9.44. The number of aromatic nitrogens is 2. The zero-order valence-electron chi connectivity index (χ0n) is 17.2. The van der Waals surface area contributed by atoms with Gasteiger partial charge < -0.3 is 14.2 Å². The molecule has 0 unspecified atom stereocenters. The van der Waals surface area contributed by atoms with Gasteiger partial charge in [0.25, 0.3) is 0 Å². The third-order valence-electron chi connectivity index (χ3n) is 4.27. The molecule has 0 radical (unpaired) electrons. The average Bonchev–Trinajstić information content (AvgIpc) is 3.16. The van der Waals surface area contributed by atoms with Crippen LogP contribution in [0.2, 0.25) is 0 Å². The Morgan fingerprint density at radius 3 is 2.60 bits per heavy atom. The maximum absolute atomic E-state index is 11.5. The largest absolute Gasteiger partial charge is 0.493 e. The second-order valence-electron chi connectivity index (χ2n) is 6.28. The van der Waals surface area contributed by atoms with Gasteiger partial charge in [0.15, 0.2) is 11.5 Å². The average molecular weight is 408 g/mol. The summed E-state index contributed by atoms with van der Waals surface area (Å²) in [5, 5.41) is 8.71. The molecule has 0 aliphatic rings. The van der Waals surface area contributed by atoms with Gasteiger partial charge in [-0.2, -0.15) is 10.2 Å². The van der Waals surface area contributed by atoms with E-state index in [1.807, 2.05) is 59.4 Å². The lowest BCUT2D eigenvalue weighted by molar-refractivity contribution is 0.152. The van der Waals surface area contributed by atoms with Crippen LogP contribution in [0.1, 0.15) is 18.1 Å². The third-order valence-corrected chi connectivity index (χ3v) is 4.27. The number of hydrazone groups is 1. The Bertz CT molecular complexity index is 1020. The summed E-state index contributed by atoms with van der Waals surface area (Å²) < 4.78 is 17.4. The summed E-state index contributed by atoms with van der Waals surface area (Å²) in [6, 6.07) is 15.6. The number of nitrogens with zero attached hydrogens (tertiary/aromatic N) is 3. The van der Waals surface area contributed by atoms with Gasteiger partial charge in [0.05, 0.1) is 33.6 Å². The SMILES string of the molecule is CCOC(=O)N/N=C\c1cn(Cc2ccccc2)nc1-c1ccc(OC)c(OC)c1. The molecule has 0 spiro atoms. The highest BCUT2D eigenvalue weighted by Gasteiger charge is 2.14. The van der Waals surface area contributed by atoms with Crippen molar-refractivity contribution < 1.29 is 19.0 Å². The molecule has 2 aromatic carbocycles. The number of hydrogen-bond acceptors (Lipinski definition) is 6. The third kappa shape index (κ3) is 5.16. The molecule has 8 heteroatoms. The molecule has 0 aliphatic carbocycles. The number of carbonyl (C=O) groups excluding carboxylic acids is 1. The van der Waals surface area contributed by atoms with Crippen LogP contribution in [0.3, 0.4) is 0 Å². The fourth-order valence-corrected chi connectivity index (χ4v) is 2.91. The Labute approximate surface area is 175 Å². The smallest absolute Gasteiger partial charge is 0.427 e. The summed E-state index contributed by atoms with van der Waals surface area (Å²) in [6.45, 7) is 2.60. The van der Waals surface area contributed by atoms with Gasteiger partial charge in [-0.1, -0.05) is 30.3 Å². The second-order valence-corrected chi connectivity index (χ2v) is 6.28. The van der Waals surface area contributed by atoms with Gasteiger partial charge in [0, 0.05) is 17.3 Å². The normalized spacial score (nSPS) is 10.8.